The first-order chi connectivity index (χ1) is 7.88. The molecule has 1 rings (SSSR count). The molecule has 0 heterocycles. The lowest BCUT2D eigenvalue weighted by molar-refractivity contribution is -0.121. The van der Waals surface area contributed by atoms with Crippen LogP contribution in [0, 0.1) is 0 Å². The Hall–Kier alpha value is -1.35. The molecule has 94 valence electrons. The summed E-state index contributed by atoms with van der Waals surface area (Å²) in [6.45, 7) is 8.47. The Labute approximate surface area is 104 Å². The van der Waals surface area contributed by atoms with E-state index in [9.17, 15) is 4.79 Å². The molecular weight excluding hydrogens is 212 g/mol. The topological polar surface area (TPSA) is 41.1 Å². The fraction of sp³-hybridized carbons (Fsp3) is 0.500. The lowest BCUT2D eigenvalue weighted by Crippen LogP contribution is -2.43. The number of amides is 1. The van der Waals surface area contributed by atoms with Crippen LogP contribution >= 0.6 is 0 Å². The van der Waals surface area contributed by atoms with Crippen molar-refractivity contribution in [2.24, 2.45) is 0 Å². The first kappa shape index (κ1) is 13.7. The van der Waals surface area contributed by atoms with Gasteiger partial charge in [-0.15, -0.1) is 0 Å². The molecule has 0 aliphatic heterocycles. The summed E-state index contributed by atoms with van der Waals surface area (Å²) in [5.74, 6) is 0.0243. The molecule has 3 nitrogen and oxygen atoms in total. The van der Waals surface area contributed by atoms with Gasteiger partial charge in [0.25, 0.3) is 0 Å². The Morgan fingerprint density at radius 1 is 1.24 bits per heavy atom. The molecule has 0 bridgehead atoms. The molecule has 0 saturated carbocycles. The van der Waals surface area contributed by atoms with Crippen molar-refractivity contribution in [1.29, 1.82) is 0 Å². The summed E-state index contributed by atoms with van der Waals surface area (Å²) in [6, 6.07) is 10.0. The average molecular weight is 234 g/mol. The Balaban J connectivity index is 2.42. The van der Waals surface area contributed by atoms with Gasteiger partial charge in [-0.3, -0.25) is 4.79 Å². The third-order valence-corrected chi connectivity index (χ3v) is 2.46. The minimum atomic E-state index is -0.0344. The third-order valence-electron chi connectivity index (χ3n) is 2.46. The Kier molecular flexibility index (Phi) is 4.70. The second-order valence-electron chi connectivity index (χ2n) is 5.30. The number of nitrogens with one attached hydrogen (secondary N) is 2. The van der Waals surface area contributed by atoms with E-state index in [2.05, 4.69) is 10.6 Å². The van der Waals surface area contributed by atoms with Crippen LogP contribution in [0.3, 0.4) is 0 Å². The fourth-order valence-electron chi connectivity index (χ4n) is 1.46. The highest BCUT2D eigenvalue weighted by Crippen LogP contribution is 2.10. The summed E-state index contributed by atoms with van der Waals surface area (Å²) in [5, 5.41) is 6.13. The molecule has 0 aliphatic rings. The largest absolute Gasteiger partial charge is 0.348 e. The maximum Gasteiger partial charge on any atom is 0.234 e. The zero-order valence-corrected chi connectivity index (χ0v) is 11.1. The van der Waals surface area contributed by atoms with Crippen LogP contribution in [0.25, 0.3) is 0 Å². The van der Waals surface area contributed by atoms with E-state index in [1.54, 1.807) is 0 Å². The highest BCUT2D eigenvalue weighted by Gasteiger charge is 2.13. The summed E-state index contributed by atoms with van der Waals surface area (Å²) in [5.41, 5.74) is 1.09. The van der Waals surface area contributed by atoms with E-state index in [1.165, 1.54) is 0 Å². The third kappa shape index (κ3) is 5.50. The molecule has 1 atom stereocenters. The molecule has 1 aromatic rings. The Morgan fingerprint density at radius 3 is 2.35 bits per heavy atom. The fourth-order valence-corrected chi connectivity index (χ4v) is 1.46. The van der Waals surface area contributed by atoms with Crippen LogP contribution in [0.2, 0.25) is 0 Å². The van der Waals surface area contributed by atoms with Gasteiger partial charge in [-0.05, 0) is 33.3 Å². The predicted octanol–water partition coefficient (Wildman–Crippen LogP) is 2.25. The molecule has 0 saturated heterocycles. The number of hydrogen-bond acceptors (Lipinski definition) is 2. The molecule has 0 aliphatic carbocycles. The van der Waals surface area contributed by atoms with E-state index in [4.69, 9.17) is 0 Å². The van der Waals surface area contributed by atoms with Gasteiger partial charge in [0.15, 0.2) is 0 Å². The number of hydrogen-bond donors (Lipinski definition) is 2. The number of rotatable bonds is 4. The lowest BCUT2D eigenvalue weighted by Gasteiger charge is -2.21. The minimum Gasteiger partial charge on any atom is -0.348 e. The van der Waals surface area contributed by atoms with Crippen LogP contribution in [0.4, 0.5) is 0 Å². The van der Waals surface area contributed by atoms with E-state index < -0.39 is 0 Å². The molecule has 1 aromatic carbocycles. The number of carbonyl (C=O) groups excluding carboxylic acids is 1. The van der Waals surface area contributed by atoms with Crippen molar-refractivity contribution in [3.63, 3.8) is 0 Å². The first-order valence-corrected chi connectivity index (χ1v) is 5.98. The van der Waals surface area contributed by atoms with Gasteiger partial charge in [-0.2, -0.15) is 0 Å². The second-order valence-corrected chi connectivity index (χ2v) is 5.30. The minimum absolute atomic E-state index is 0.0243. The molecule has 0 aromatic heterocycles. The molecule has 0 unspecified atom stereocenters. The van der Waals surface area contributed by atoms with Crippen LogP contribution in [-0.4, -0.2) is 18.0 Å². The summed E-state index contributed by atoms with van der Waals surface area (Å²) < 4.78 is 0. The van der Waals surface area contributed by atoms with Crippen LogP contribution < -0.4 is 10.6 Å². The van der Waals surface area contributed by atoms with Crippen LogP contribution in [-0.2, 0) is 4.79 Å². The summed E-state index contributed by atoms with van der Waals surface area (Å²) >= 11 is 0. The zero-order valence-electron chi connectivity index (χ0n) is 11.1. The van der Waals surface area contributed by atoms with E-state index >= 15 is 0 Å². The van der Waals surface area contributed by atoms with Gasteiger partial charge in [-0.25, -0.2) is 0 Å². The SMILES string of the molecule is C[C@H](NC(=O)CNC(C)(C)C)c1ccccc1. The monoisotopic (exact) mass is 234 g/mol. The normalized spacial score (nSPS) is 13.2. The summed E-state index contributed by atoms with van der Waals surface area (Å²) in [6.07, 6.45) is 0. The van der Waals surface area contributed by atoms with Crippen molar-refractivity contribution >= 4 is 5.91 Å². The molecule has 2 N–H and O–H groups in total. The van der Waals surface area contributed by atoms with Gasteiger partial charge in [0, 0.05) is 5.54 Å². The molecule has 17 heavy (non-hydrogen) atoms. The van der Waals surface area contributed by atoms with Crippen molar-refractivity contribution in [1.82, 2.24) is 10.6 Å². The van der Waals surface area contributed by atoms with Gasteiger partial charge in [0.2, 0.25) is 5.91 Å². The lowest BCUT2D eigenvalue weighted by atomic mass is 10.1. The van der Waals surface area contributed by atoms with Gasteiger partial charge >= 0.3 is 0 Å². The summed E-state index contributed by atoms with van der Waals surface area (Å²) in [4.78, 5) is 11.7. The Bertz CT molecular complexity index is 354. The standard InChI is InChI=1S/C14H22N2O/c1-11(12-8-6-5-7-9-12)16-13(17)10-15-14(2,3)4/h5-9,11,15H,10H2,1-4H3,(H,16,17)/t11-/m0/s1. The maximum absolute atomic E-state index is 11.7. The van der Waals surface area contributed by atoms with Crippen LogP contribution in [0.5, 0.6) is 0 Å². The highest BCUT2D eigenvalue weighted by atomic mass is 16.1. The van der Waals surface area contributed by atoms with Crippen molar-refractivity contribution in [3.8, 4) is 0 Å². The van der Waals surface area contributed by atoms with E-state index in [1.807, 2.05) is 58.0 Å². The molecule has 0 spiro atoms. The first-order valence-electron chi connectivity index (χ1n) is 5.98. The van der Waals surface area contributed by atoms with Crippen molar-refractivity contribution in [2.45, 2.75) is 39.3 Å². The number of benzene rings is 1. The quantitative estimate of drug-likeness (QED) is 0.839. The molecule has 3 heteroatoms. The number of carbonyl (C=O) groups is 1. The molecular formula is C14H22N2O. The molecule has 0 radical (unpaired) electrons. The van der Waals surface area contributed by atoms with Gasteiger partial charge in [0.1, 0.15) is 0 Å². The average Bonchev–Trinajstić information content (AvgIpc) is 2.27. The van der Waals surface area contributed by atoms with Crippen molar-refractivity contribution in [2.75, 3.05) is 6.54 Å². The zero-order chi connectivity index (χ0) is 12.9. The second kappa shape index (κ2) is 5.82. The van der Waals surface area contributed by atoms with Gasteiger partial charge < -0.3 is 10.6 Å². The van der Waals surface area contributed by atoms with Gasteiger partial charge in [0.05, 0.1) is 12.6 Å². The molecule has 0 fully saturated rings. The summed E-state index contributed by atoms with van der Waals surface area (Å²) in [7, 11) is 0. The Morgan fingerprint density at radius 2 is 1.82 bits per heavy atom. The van der Waals surface area contributed by atoms with Gasteiger partial charge in [-0.1, -0.05) is 30.3 Å². The molecule has 1 amide bonds. The predicted molar refractivity (Wildman–Crippen MR) is 70.8 cm³/mol. The van der Waals surface area contributed by atoms with E-state index in [0.29, 0.717) is 6.54 Å². The van der Waals surface area contributed by atoms with E-state index in [0.717, 1.165) is 5.56 Å². The van der Waals surface area contributed by atoms with Crippen molar-refractivity contribution < 1.29 is 4.79 Å². The van der Waals surface area contributed by atoms with E-state index in [-0.39, 0.29) is 17.5 Å². The maximum atomic E-state index is 11.7. The van der Waals surface area contributed by atoms with Crippen molar-refractivity contribution in [3.05, 3.63) is 35.9 Å². The smallest absolute Gasteiger partial charge is 0.234 e. The van der Waals surface area contributed by atoms with Crippen LogP contribution in [0.15, 0.2) is 30.3 Å². The highest BCUT2D eigenvalue weighted by molar-refractivity contribution is 5.78. The van der Waals surface area contributed by atoms with Crippen LogP contribution in [0.1, 0.15) is 39.3 Å².